The molecule has 1 nitrogen and oxygen atoms in total. The van der Waals surface area contributed by atoms with Crippen LogP contribution < -0.4 is 4.74 Å². The molecule has 2 aliphatic rings. The van der Waals surface area contributed by atoms with E-state index in [0.717, 1.165) is 24.8 Å². The third kappa shape index (κ3) is 1.99. The van der Waals surface area contributed by atoms with Crippen molar-refractivity contribution < 1.29 is 9.13 Å². The Labute approximate surface area is 118 Å². The quantitative estimate of drug-likeness (QED) is 0.671. The van der Waals surface area contributed by atoms with Gasteiger partial charge < -0.3 is 4.74 Å². The first-order valence-electron chi connectivity index (χ1n) is 5.86. The van der Waals surface area contributed by atoms with Crippen molar-refractivity contribution >= 4 is 27.5 Å². The van der Waals surface area contributed by atoms with Crippen LogP contribution in [0.2, 0.25) is 5.02 Å². The van der Waals surface area contributed by atoms with Crippen LogP contribution in [0.3, 0.4) is 0 Å². The van der Waals surface area contributed by atoms with Crippen molar-refractivity contribution in [2.45, 2.75) is 25.4 Å². The highest BCUT2D eigenvalue weighted by Gasteiger charge is 2.29. The maximum atomic E-state index is 13.5. The van der Waals surface area contributed by atoms with Crippen molar-refractivity contribution in [1.29, 1.82) is 0 Å². The van der Waals surface area contributed by atoms with E-state index in [1.54, 1.807) is 0 Å². The van der Waals surface area contributed by atoms with E-state index in [1.807, 2.05) is 0 Å². The summed E-state index contributed by atoms with van der Waals surface area (Å²) in [6.07, 6.45) is 9.24. The van der Waals surface area contributed by atoms with Crippen LogP contribution in [0.15, 0.2) is 34.3 Å². The third-order valence-electron chi connectivity index (χ3n) is 3.28. The number of allylic oxidation sites excluding steroid dienone is 2. The van der Waals surface area contributed by atoms with Gasteiger partial charge in [0.2, 0.25) is 0 Å². The summed E-state index contributed by atoms with van der Waals surface area (Å²) in [6, 6.07) is 1.37. The molecule has 0 saturated heterocycles. The van der Waals surface area contributed by atoms with Gasteiger partial charge in [-0.3, -0.25) is 0 Å². The molecule has 0 fully saturated rings. The Hall–Kier alpha value is -0.800. The van der Waals surface area contributed by atoms with E-state index < -0.39 is 5.82 Å². The van der Waals surface area contributed by atoms with Crippen molar-refractivity contribution in [2.24, 2.45) is 0 Å². The SMILES string of the molecule is Fc1cc2c(c(Br)c1Cl)CC(C1=CCCC=C1)O2. The Morgan fingerprint density at radius 2 is 2.22 bits per heavy atom. The van der Waals surface area contributed by atoms with Gasteiger partial charge in [0.1, 0.15) is 17.7 Å². The summed E-state index contributed by atoms with van der Waals surface area (Å²) < 4.78 is 20.0. The Bertz CT molecular complexity index is 565. The fraction of sp³-hybridized carbons (Fsp3) is 0.286. The third-order valence-corrected chi connectivity index (χ3v) is 4.75. The molecule has 3 rings (SSSR count). The van der Waals surface area contributed by atoms with E-state index in [9.17, 15) is 4.39 Å². The molecule has 0 amide bonds. The number of ether oxygens (including phenoxy) is 1. The first kappa shape index (κ1) is 12.2. The molecule has 1 aromatic rings. The van der Waals surface area contributed by atoms with E-state index in [4.69, 9.17) is 16.3 Å². The van der Waals surface area contributed by atoms with Gasteiger partial charge in [-0.15, -0.1) is 0 Å². The normalized spacial score (nSPS) is 21.5. The van der Waals surface area contributed by atoms with Gasteiger partial charge in [-0.1, -0.05) is 29.8 Å². The summed E-state index contributed by atoms with van der Waals surface area (Å²) in [4.78, 5) is 0. The van der Waals surface area contributed by atoms with Crippen molar-refractivity contribution in [1.82, 2.24) is 0 Å². The van der Waals surface area contributed by atoms with Gasteiger partial charge in [-0.05, 0) is 34.3 Å². The second kappa shape index (κ2) is 4.71. The maximum absolute atomic E-state index is 13.5. The molecule has 0 bridgehead atoms. The molecule has 1 aromatic carbocycles. The Balaban J connectivity index is 1.94. The first-order chi connectivity index (χ1) is 8.66. The maximum Gasteiger partial charge on any atom is 0.146 e. The van der Waals surface area contributed by atoms with E-state index in [2.05, 4.69) is 34.2 Å². The molecule has 0 saturated carbocycles. The van der Waals surface area contributed by atoms with Gasteiger partial charge in [-0.2, -0.15) is 0 Å². The summed E-state index contributed by atoms with van der Waals surface area (Å²) in [5.41, 5.74) is 2.12. The van der Waals surface area contributed by atoms with Crippen LogP contribution in [-0.4, -0.2) is 6.10 Å². The lowest BCUT2D eigenvalue weighted by molar-refractivity contribution is 0.272. The molecule has 1 aliphatic heterocycles. The van der Waals surface area contributed by atoms with Gasteiger partial charge >= 0.3 is 0 Å². The minimum atomic E-state index is -0.448. The largest absolute Gasteiger partial charge is 0.485 e. The average molecular weight is 330 g/mol. The zero-order valence-corrected chi connectivity index (χ0v) is 11.9. The highest BCUT2D eigenvalue weighted by molar-refractivity contribution is 9.10. The van der Waals surface area contributed by atoms with E-state index in [-0.39, 0.29) is 11.1 Å². The van der Waals surface area contributed by atoms with Crippen LogP contribution in [-0.2, 0) is 6.42 Å². The van der Waals surface area contributed by atoms with E-state index in [0.29, 0.717) is 10.2 Å². The smallest absolute Gasteiger partial charge is 0.146 e. The molecular formula is C14H11BrClFO. The topological polar surface area (TPSA) is 9.23 Å². The second-order valence-corrected chi connectivity index (χ2v) is 5.63. The lowest BCUT2D eigenvalue weighted by Crippen LogP contribution is -2.15. The highest BCUT2D eigenvalue weighted by Crippen LogP contribution is 2.42. The Morgan fingerprint density at radius 1 is 1.39 bits per heavy atom. The zero-order chi connectivity index (χ0) is 12.7. The van der Waals surface area contributed by atoms with Gasteiger partial charge in [0, 0.05) is 22.5 Å². The fourth-order valence-electron chi connectivity index (χ4n) is 2.35. The van der Waals surface area contributed by atoms with Crippen LogP contribution in [0.1, 0.15) is 18.4 Å². The van der Waals surface area contributed by atoms with Crippen LogP contribution in [0.4, 0.5) is 4.39 Å². The zero-order valence-electron chi connectivity index (χ0n) is 9.55. The minimum absolute atomic E-state index is 0.0225. The molecule has 1 atom stereocenters. The fourth-order valence-corrected chi connectivity index (χ4v) is 3.06. The number of halogens is 3. The Kier molecular flexibility index (Phi) is 3.20. The summed E-state index contributed by atoms with van der Waals surface area (Å²) >= 11 is 9.23. The van der Waals surface area contributed by atoms with Crippen molar-refractivity contribution in [2.75, 3.05) is 0 Å². The van der Waals surface area contributed by atoms with Gasteiger partial charge in [0.15, 0.2) is 0 Å². The number of fused-ring (bicyclic) bond motifs is 1. The van der Waals surface area contributed by atoms with Crippen LogP contribution in [0.25, 0.3) is 0 Å². The van der Waals surface area contributed by atoms with Gasteiger partial charge in [0.25, 0.3) is 0 Å². The summed E-state index contributed by atoms with van der Waals surface area (Å²) in [5.74, 6) is 0.143. The lowest BCUT2D eigenvalue weighted by atomic mass is 9.99. The molecule has 0 aromatic heterocycles. The molecule has 0 N–H and O–H groups in total. The van der Waals surface area contributed by atoms with Crippen molar-refractivity contribution in [3.8, 4) is 5.75 Å². The second-order valence-electron chi connectivity index (χ2n) is 4.46. The van der Waals surface area contributed by atoms with Crippen molar-refractivity contribution in [3.63, 3.8) is 0 Å². The average Bonchev–Trinajstić information content (AvgIpc) is 2.81. The summed E-state index contributed by atoms with van der Waals surface area (Å²) in [6.45, 7) is 0. The van der Waals surface area contributed by atoms with Crippen LogP contribution in [0.5, 0.6) is 5.75 Å². The number of hydrogen-bond donors (Lipinski definition) is 0. The molecule has 0 radical (unpaired) electrons. The van der Waals surface area contributed by atoms with Crippen LogP contribution in [0, 0.1) is 5.82 Å². The minimum Gasteiger partial charge on any atom is -0.485 e. The number of rotatable bonds is 1. The molecule has 1 aliphatic carbocycles. The molecule has 1 unspecified atom stereocenters. The van der Waals surface area contributed by atoms with Crippen molar-refractivity contribution in [3.05, 3.63) is 50.7 Å². The number of benzene rings is 1. The standard InChI is InChI=1S/C14H11BrClFO/c15-13-9-6-11(8-4-2-1-3-5-8)18-12(9)7-10(17)14(13)16/h2,4-5,7,11H,1,3,6H2. The molecule has 4 heteroatoms. The predicted octanol–water partition coefficient (Wildman–Crippen LogP) is 4.82. The lowest BCUT2D eigenvalue weighted by Gasteiger charge is -2.14. The predicted molar refractivity (Wildman–Crippen MR) is 73.7 cm³/mol. The Morgan fingerprint density at radius 3 is 2.94 bits per heavy atom. The van der Waals surface area contributed by atoms with Gasteiger partial charge in [-0.25, -0.2) is 4.39 Å². The molecule has 1 heterocycles. The molecular weight excluding hydrogens is 319 g/mol. The first-order valence-corrected chi connectivity index (χ1v) is 7.03. The van der Waals surface area contributed by atoms with E-state index >= 15 is 0 Å². The molecule has 0 spiro atoms. The summed E-state index contributed by atoms with van der Waals surface area (Å²) in [7, 11) is 0. The van der Waals surface area contributed by atoms with Gasteiger partial charge in [0.05, 0.1) is 5.02 Å². The molecule has 18 heavy (non-hydrogen) atoms. The monoisotopic (exact) mass is 328 g/mol. The highest BCUT2D eigenvalue weighted by atomic mass is 79.9. The number of hydrogen-bond acceptors (Lipinski definition) is 1. The van der Waals surface area contributed by atoms with Crippen LogP contribution >= 0.6 is 27.5 Å². The summed E-state index contributed by atoms with van der Waals surface area (Å²) in [5, 5.41) is 0.131. The molecule has 94 valence electrons. The van der Waals surface area contributed by atoms with E-state index in [1.165, 1.54) is 11.6 Å².